The van der Waals surface area contributed by atoms with E-state index in [1.807, 2.05) is 32.0 Å². The second-order valence-electron chi connectivity index (χ2n) is 7.29. The molecule has 1 heterocycles. The summed E-state index contributed by atoms with van der Waals surface area (Å²) in [6.07, 6.45) is 0. The van der Waals surface area contributed by atoms with Gasteiger partial charge in [-0.1, -0.05) is 18.2 Å². The van der Waals surface area contributed by atoms with E-state index in [2.05, 4.69) is 10.0 Å². The molecule has 160 valence electrons. The summed E-state index contributed by atoms with van der Waals surface area (Å²) in [6.45, 7) is 4.19. The number of benzene rings is 3. The zero-order valence-corrected chi connectivity index (χ0v) is 18.0. The van der Waals surface area contributed by atoms with Gasteiger partial charge in [-0.25, -0.2) is 13.1 Å². The molecule has 31 heavy (non-hydrogen) atoms. The average Bonchev–Trinajstić information content (AvgIpc) is 3.23. The van der Waals surface area contributed by atoms with E-state index in [0.29, 0.717) is 17.2 Å². The summed E-state index contributed by atoms with van der Waals surface area (Å²) in [5, 5.41) is 2.81. The summed E-state index contributed by atoms with van der Waals surface area (Å²) < 4.78 is 38.6. The molecule has 1 aliphatic heterocycles. The second kappa shape index (κ2) is 8.41. The fourth-order valence-corrected chi connectivity index (χ4v) is 4.20. The van der Waals surface area contributed by atoms with Crippen LogP contribution in [0.3, 0.4) is 0 Å². The minimum atomic E-state index is -3.82. The van der Waals surface area contributed by atoms with E-state index < -0.39 is 10.0 Å². The van der Waals surface area contributed by atoms with Crippen molar-refractivity contribution in [1.82, 2.24) is 4.72 Å². The first-order chi connectivity index (χ1) is 14.8. The SMILES string of the molecule is Cc1ccc(NC(=O)c2cccc(S(=O)(=O)NCc3ccc4c(c3)OCO4)c2)cc1C. The van der Waals surface area contributed by atoms with Crippen LogP contribution in [0.1, 0.15) is 27.0 Å². The van der Waals surface area contributed by atoms with Crippen molar-refractivity contribution < 1.29 is 22.7 Å². The van der Waals surface area contributed by atoms with Gasteiger partial charge in [0.2, 0.25) is 16.8 Å². The number of hydrogen-bond acceptors (Lipinski definition) is 5. The van der Waals surface area contributed by atoms with Gasteiger partial charge in [0.25, 0.3) is 5.91 Å². The lowest BCUT2D eigenvalue weighted by Crippen LogP contribution is -2.23. The van der Waals surface area contributed by atoms with Gasteiger partial charge in [-0.05, 0) is 73.0 Å². The van der Waals surface area contributed by atoms with Gasteiger partial charge in [-0.3, -0.25) is 4.79 Å². The van der Waals surface area contributed by atoms with Crippen molar-refractivity contribution in [3.05, 3.63) is 82.9 Å². The summed E-state index contributed by atoms with van der Waals surface area (Å²) in [4.78, 5) is 12.6. The summed E-state index contributed by atoms with van der Waals surface area (Å²) in [5.41, 5.74) is 3.82. The third-order valence-electron chi connectivity index (χ3n) is 5.07. The van der Waals surface area contributed by atoms with E-state index in [1.165, 1.54) is 12.1 Å². The van der Waals surface area contributed by atoms with Crippen LogP contribution in [0.2, 0.25) is 0 Å². The molecule has 0 saturated heterocycles. The highest BCUT2D eigenvalue weighted by Crippen LogP contribution is 2.32. The first-order valence-electron chi connectivity index (χ1n) is 9.69. The van der Waals surface area contributed by atoms with Crippen molar-refractivity contribution in [2.45, 2.75) is 25.3 Å². The number of anilines is 1. The molecule has 0 unspecified atom stereocenters. The van der Waals surface area contributed by atoms with Crippen molar-refractivity contribution in [1.29, 1.82) is 0 Å². The number of carbonyl (C=O) groups is 1. The highest BCUT2D eigenvalue weighted by atomic mass is 32.2. The predicted octanol–water partition coefficient (Wildman–Crippen LogP) is 3.76. The monoisotopic (exact) mass is 438 g/mol. The Bertz CT molecular complexity index is 1250. The highest BCUT2D eigenvalue weighted by Gasteiger charge is 2.18. The van der Waals surface area contributed by atoms with Gasteiger partial charge in [-0.15, -0.1) is 0 Å². The number of ether oxygens (including phenoxy) is 2. The first-order valence-corrected chi connectivity index (χ1v) is 11.2. The lowest BCUT2D eigenvalue weighted by Gasteiger charge is -2.10. The Kier molecular flexibility index (Phi) is 5.67. The molecule has 7 nitrogen and oxygen atoms in total. The molecule has 8 heteroatoms. The molecule has 0 atom stereocenters. The number of amides is 1. The maximum Gasteiger partial charge on any atom is 0.255 e. The van der Waals surface area contributed by atoms with Crippen LogP contribution >= 0.6 is 0 Å². The molecule has 1 aliphatic rings. The molecular formula is C23H22N2O5S. The maximum atomic E-state index is 12.8. The Morgan fingerprint density at radius 2 is 1.74 bits per heavy atom. The molecule has 0 bridgehead atoms. The number of hydrogen-bond donors (Lipinski definition) is 2. The van der Waals surface area contributed by atoms with E-state index in [-0.39, 0.29) is 29.7 Å². The fourth-order valence-electron chi connectivity index (χ4n) is 3.14. The maximum absolute atomic E-state index is 12.8. The normalized spacial score (nSPS) is 12.6. The molecule has 0 saturated carbocycles. The standard InChI is InChI=1S/C23H22N2O5S/c1-15-6-8-19(10-16(15)2)25-23(26)18-4-3-5-20(12-18)31(27,28)24-13-17-7-9-21-22(11-17)30-14-29-21/h3-12,24H,13-14H2,1-2H3,(H,25,26). The molecule has 2 N–H and O–H groups in total. The quantitative estimate of drug-likeness (QED) is 0.611. The van der Waals surface area contributed by atoms with Crippen molar-refractivity contribution in [2.75, 3.05) is 12.1 Å². The molecule has 0 radical (unpaired) electrons. The van der Waals surface area contributed by atoms with E-state index in [4.69, 9.17) is 9.47 Å². The van der Waals surface area contributed by atoms with Gasteiger partial charge in [0.15, 0.2) is 11.5 Å². The van der Waals surface area contributed by atoms with E-state index >= 15 is 0 Å². The smallest absolute Gasteiger partial charge is 0.255 e. The zero-order valence-electron chi connectivity index (χ0n) is 17.1. The Morgan fingerprint density at radius 3 is 2.55 bits per heavy atom. The number of fused-ring (bicyclic) bond motifs is 1. The molecular weight excluding hydrogens is 416 g/mol. The van der Waals surface area contributed by atoms with Crippen LogP contribution in [0, 0.1) is 13.8 Å². The fraction of sp³-hybridized carbons (Fsp3) is 0.174. The van der Waals surface area contributed by atoms with Crippen LogP contribution < -0.4 is 19.5 Å². The third-order valence-corrected chi connectivity index (χ3v) is 6.47. The number of rotatable bonds is 6. The molecule has 3 aromatic rings. The topological polar surface area (TPSA) is 93.7 Å². The van der Waals surface area contributed by atoms with Crippen LogP contribution in [0.25, 0.3) is 0 Å². The third kappa shape index (κ3) is 4.70. The van der Waals surface area contributed by atoms with Crippen molar-refractivity contribution in [2.24, 2.45) is 0 Å². The number of nitrogens with one attached hydrogen (secondary N) is 2. The van der Waals surface area contributed by atoms with Crippen LogP contribution in [0.15, 0.2) is 65.6 Å². The van der Waals surface area contributed by atoms with Crippen molar-refractivity contribution >= 4 is 21.6 Å². The number of carbonyl (C=O) groups excluding carboxylic acids is 1. The van der Waals surface area contributed by atoms with E-state index in [0.717, 1.165) is 16.7 Å². The van der Waals surface area contributed by atoms with Crippen LogP contribution in [-0.4, -0.2) is 21.1 Å². The summed E-state index contributed by atoms with van der Waals surface area (Å²) >= 11 is 0. The molecule has 0 aliphatic carbocycles. The predicted molar refractivity (Wildman–Crippen MR) is 117 cm³/mol. The van der Waals surface area contributed by atoms with Gasteiger partial charge in [0.1, 0.15) is 0 Å². The zero-order chi connectivity index (χ0) is 22.0. The molecule has 3 aromatic carbocycles. The molecule has 4 rings (SSSR count). The van der Waals surface area contributed by atoms with Gasteiger partial charge in [-0.2, -0.15) is 0 Å². The summed E-state index contributed by atoms with van der Waals surface area (Å²) in [6, 6.07) is 16.8. The van der Waals surface area contributed by atoms with Gasteiger partial charge in [0, 0.05) is 17.8 Å². The van der Waals surface area contributed by atoms with Crippen molar-refractivity contribution in [3.63, 3.8) is 0 Å². The van der Waals surface area contributed by atoms with Gasteiger partial charge in [0.05, 0.1) is 4.90 Å². The van der Waals surface area contributed by atoms with Crippen LogP contribution in [-0.2, 0) is 16.6 Å². The van der Waals surface area contributed by atoms with Crippen LogP contribution in [0.4, 0.5) is 5.69 Å². The number of sulfonamides is 1. The Balaban J connectivity index is 1.47. The van der Waals surface area contributed by atoms with E-state index in [9.17, 15) is 13.2 Å². The first kappa shape index (κ1) is 20.9. The molecule has 1 amide bonds. The number of aryl methyl sites for hydroxylation is 2. The van der Waals surface area contributed by atoms with Crippen molar-refractivity contribution in [3.8, 4) is 11.5 Å². The minimum Gasteiger partial charge on any atom is -0.454 e. The van der Waals surface area contributed by atoms with E-state index in [1.54, 1.807) is 30.3 Å². The molecule has 0 fully saturated rings. The summed E-state index contributed by atoms with van der Waals surface area (Å²) in [5.74, 6) is 0.840. The van der Waals surface area contributed by atoms with Gasteiger partial charge < -0.3 is 14.8 Å². The largest absolute Gasteiger partial charge is 0.454 e. The van der Waals surface area contributed by atoms with Crippen LogP contribution in [0.5, 0.6) is 11.5 Å². The van der Waals surface area contributed by atoms with Gasteiger partial charge >= 0.3 is 0 Å². The highest BCUT2D eigenvalue weighted by molar-refractivity contribution is 7.89. The second-order valence-corrected chi connectivity index (χ2v) is 9.06. The minimum absolute atomic E-state index is 0.0148. The Labute approximate surface area is 181 Å². The lowest BCUT2D eigenvalue weighted by molar-refractivity contribution is 0.102. The Morgan fingerprint density at radius 1 is 0.935 bits per heavy atom. The lowest BCUT2D eigenvalue weighted by atomic mass is 10.1. The summed E-state index contributed by atoms with van der Waals surface area (Å²) in [7, 11) is -3.82. The Hall–Kier alpha value is -3.36. The average molecular weight is 439 g/mol. The molecule has 0 spiro atoms. The molecule has 0 aromatic heterocycles.